The molecule has 0 unspecified atom stereocenters. The fourth-order valence-corrected chi connectivity index (χ4v) is 3.44. The van der Waals surface area contributed by atoms with E-state index in [0.717, 1.165) is 24.2 Å². The molecule has 0 fully saturated rings. The van der Waals surface area contributed by atoms with Crippen molar-refractivity contribution in [3.8, 4) is 11.8 Å². The lowest BCUT2D eigenvalue weighted by molar-refractivity contribution is 0.288. The summed E-state index contributed by atoms with van der Waals surface area (Å²) in [5, 5.41) is 8.75. The summed E-state index contributed by atoms with van der Waals surface area (Å²) in [6.45, 7) is 0.669. The molecule has 1 N–H and O–H groups in total. The minimum absolute atomic E-state index is 0.209. The van der Waals surface area contributed by atoms with Gasteiger partial charge in [0.15, 0.2) is 0 Å². The van der Waals surface area contributed by atoms with Crippen LogP contribution in [0.3, 0.4) is 0 Å². The summed E-state index contributed by atoms with van der Waals surface area (Å²) in [4.78, 5) is 0.209. The van der Waals surface area contributed by atoms with Gasteiger partial charge in [0.2, 0.25) is 0 Å². The molecule has 3 rings (SSSR count). The molecular weight excluding hydrogens is 300 g/mol. The zero-order chi connectivity index (χ0) is 15.6. The number of hydrogen-bond acceptors (Lipinski definition) is 4. The maximum Gasteiger partial charge on any atom is 0.261 e. The maximum atomic E-state index is 12.4. The molecule has 0 saturated carbocycles. The smallest absolute Gasteiger partial charge is 0.261 e. The summed E-state index contributed by atoms with van der Waals surface area (Å²) in [6.07, 6.45) is 1.70. The third-order valence-corrected chi connectivity index (χ3v) is 4.84. The SMILES string of the molecule is N#Cc1ccc(NS(=O)(=O)c2ccc3c(c2)CCCO3)cc1. The molecule has 0 aliphatic carbocycles. The highest BCUT2D eigenvalue weighted by Crippen LogP contribution is 2.28. The summed E-state index contributed by atoms with van der Waals surface area (Å²) in [7, 11) is -3.65. The van der Waals surface area contributed by atoms with Crippen LogP contribution in [0, 0.1) is 11.3 Å². The molecule has 0 radical (unpaired) electrons. The third kappa shape index (κ3) is 2.90. The molecule has 0 amide bonds. The predicted molar refractivity (Wildman–Crippen MR) is 82.2 cm³/mol. The molecule has 0 aromatic heterocycles. The Bertz CT molecular complexity index is 837. The number of benzene rings is 2. The Morgan fingerprint density at radius 3 is 2.64 bits per heavy atom. The van der Waals surface area contributed by atoms with E-state index in [1.54, 1.807) is 36.4 Å². The van der Waals surface area contributed by atoms with E-state index < -0.39 is 10.0 Å². The highest BCUT2D eigenvalue weighted by atomic mass is 32.2. The number of anilines is 1. The standard InChI is InChI=1S/C16H14N2O3S/c17-11-12-3-5-14(6-4-12)18-22(19,20)15-7-8-16-13(10-15)2-1-9-21-16/h3-8,10,18H,1-2,9H2. The van der Waals surface area contributed by atoms with Gasteiger partial charge in [0.25, 0.3) is 10.0 Å². The van der Waals surface area contributed by atoms with Gasteiger partial charge in [-0.1, -0.05) is 0 Å². The van der Waals surface area contributed by atoms with E-state index >= 15 is 0 Å². The van der Waals surface area contributed by atoms with Gasteiger partial charge in [-0.2, -0.15) is 5.26 Å². The molecule has 1 heterocycles. The van der Waals surface area contributed by atoms with Crippen LogP contribution in [0.5, 0.6) is 5.75 Å². The van der Waals surface area contributed by atoms with Crippen LogP contribution in [-0.4, -0.2) is 15.0 Å². The molecule has 22 heavy (non-hydrogen) atoms. The lowest BCUT2D eigenvalue weighted by Crippen LogP contribution is -2.15. The van der Waals surface area contributed by atoms with E-state index in [9.17, 15) is 8.42 Å². The lowest BCUT2D eigenvalue weighted by Gasteiger charge is -2.18. The van der Waals surface area contributed by atoms with Gasteiger partial charge in [-0.15, -0.1) is 0 Å². The largest absolute Gasteiger partial charge is 0.493 e. The van der Waals surface area contributed by atoms with E-state index in [1.165, 1.54) is 6.07 Å². The Morgan fingerprint density at radius 1 is 1.14 bits per heavy atom. The van der Waals surface area contributed by atoms with E-state index in [4.69, 9.17) is 10.00 Å². The Kier molecular flexibility index (Phi) is 3.73. The molecular formula is C16H14N2O3S. The molecule has 0 bridgehead atoms. The summed E-state index contributed by atoms with van der Waals surface area (Å²) < 4.78 is 32.9. The molecule has 0 spiro atoms. The number of fused-ring (bicyclic) bond motifs is 1. The summed E-state index contributed by atoms with van der Waals surface area (Å²) in [5.74, 6) is 0.753. The van der Waals surface area contributed by atoms with Gasteiger partial charge < -0.3 is 4.74 Å². The van der Waals surface area contributed by atoms with Crippen molar-refractivity contribution >= 4 is 15.7 Å². The topological polar surface area (TPSA) is 79.2 Å². The monoisotopic (exact) mass is 314 g/mol. The summed E-state index contributed by atoms with van der Waals surface area (Å²) >= 11 is 0. The number of nitrogens with one attached hydrogen (secondary N) is 1. The van der Waals surface area contributed by atoms with Crippen molar-refractivity contribution in [2.75, 3.05) is 11.3 Å². The molecule has 2 aromatic carbocycles. The van der Waals surface area contributed by atoms with Gasteiger partial charge in [0.05, 0.1) is 23.1 Å². The van der Waals surface area contributed by atoms with Gasteiger partial charge in [-0.3, -0.25) is 4.72 Å². The number of aryl methyl sites for hydroxylation is 1. The van der Waals surface area contributed by atoms with Crippen molar-refractivity contribution in [3.63, 3.8) is 0 Å². The van der Waals surface area contributed by atoms with Crippen molar-refractivity contribution in [1.82, 2.24) is 0 Å². The van der Waals surface area contributed by atoms with Gasteiger partial charge in [-0.05, 0) is 60.9 Å². The quantitative estimate of drug-likeness (QED) is 0.944. The number of sulfonamides is 1. The highest BCUT2D eigenvalue weighted by Gasteiger charge is 2.18. The van der Waals surface area contributed by atoms with Gasteiger partial charge >= 0.3 is 0 Å². The first-order valence-corrected chi connectivity index (χ1v) is 8.35. The second-order valence-corrected chi connectivity index (χ2v) is 6.70. The molecule has 6 heteroatoms. The molecule has 1 aliphatic rings. The van der Waals surface area contributed by atoms with Crippen molar-refractivity contribution in [2.24, 2.45) is 0 Å². The Hall–Kier alpha value is -2.52. The molecule has 1 aliphatic heterocycles. The number of nitrogens with zero attached hydrogens (tertiary/aromatic N) is 1. The van der Waals surface area contributed by atoms with Crippen LogP contribution >= 0.6 is 0 Å². The first-order chi connectivity index (χ1) is 10.6. The fraction of sp³-hybridized carbons (Fsp3) is 0.188. The maximum absolute atomic E-state index is 12.4. The number of nitriles is 1. The third-order valence-electron chi connectivity index (χ3n) is 3.46. The fourth-order valence-electron chi connectivity index (χ4n) is 2.33. The first-order valence-electron chi connectivity index (χ1n) is 6.87. The molecule has 0 saturated heterocycles. The Morgan fingerprint density at radius 2 is 1.91 bits per heavy atom. The van der Waals surface area contributed by atoms with Crippen LogP contribution in [-0.2, 0) is 16.4 Å². The van der Waals surface area contributed by atoms with Crippen LogP contribution in [0.4, 0.5) is 5.69 Å². The minimum atomic E-state index is -3.65. The average molecular weight is 314 g/mol. The average Bonchev–Trinajstić information content (AvgIpc) is 2.55. The normalized spacial score (nSPS) is 13.6. The van der Waals surface area contributed by atoms with Crippen LogP contribution in [0.15, 0.2) is 47.4 Å². The second-order valence-electron chi connectivity index (χ2n) is 5.02. The van der Waals surface area contributed by atoms with Gasteiger partial charge in [-0.25, -0.2) is 8.42 Å². The Labute approximate surface area is 129 Å². The van der Waals surface area contributed by atoms with E-state index in [1.807, 2.05) is 6.07 Å². The molecule has 0 atom stereocenters. The second kappa shape index (κ2) is 5.70. The predicted octanol–water partition coefficient (Wildman–Crippen LogP) is 2.68. The number of hydrogen-bond donors (Lipinski definition) is 1. The van der Waals surface area contributed by atoms with Crippen molar-refractivity contribution in [3.05, 3.63) is 53.6 Å². The first kappa shape index (κ1) is 14.4. The van der Waals surface area contributed by atoms with E-state index in [2.05, 4.69) is 4.72 Å². The van der Waals surface area contributed by atoms with E-state index in [0.29, 0.717) is 17.9 Å². The number of ether oxygens (including phenoxy) is 1. The van der Waals surface area contributed by atoms with Crippen molar-refractivity contribution in [1.29, 1.82) is 5.26 Å². The highest BCUT2D eigenvalue weighted by molar-refractivity contribution is 7.92. The van der Waals surface area contributed by atoms with Gasteiger partial charge in [0, 0.05) is 5.69 Å². The minimum Gasteiger partial charge on any atom is -0.493 e. The molecule has 112 valence electrons. The summed E-state index contributed by atoms with van der Waals surface area (Å²) in [6, 6.07) is 13.1. The van der Waals surface area contributed by atoms with Crippen molar-refractivity contribution < 1.29 is 13.2 Å². The molecule has 2 aromatic rings. The summed E-state index contributed by atoms with van der Waals surface area (Å²) in [5.41, 5.74) is 1.82. The lowest BCUT2D eigenvalue weighted by atomic mass is 10.1. The zero-order valence-electron chi connectivity index (χ0n) is 11.7. The van der Waals surface area contributed by atoms with Crippen LogP contribution in [0.25, 0.3) is 0 Å². The zero-order valence-corrected chi connectivity index (χ0v) is 12.6. The van der Waals surface area contributed by atoms with Crippen LogP contribution in [0.2, 0.25) is 0 Å². The van der Waals surface area contributed by atoms with E-state index in [-0.39, 0.29) is 4.90 Å². The van der Waals surface area contributed by atoms with Crippen molar-refractivity contribution in [2.45, 2.75) is 17.7 Å². The number of rotatable bonds is 3. The van der Waals surface area contributed by atoms with Crippen LogP contribution < -0.4 is 9.46 Å². The van der Waals surface area contributed by atoms with Crippen LogP contribution in [0.1, 0.15) is 17.5 Å². The Balaban J connectivity index is 1.87. The van der Waals surface area contributed by atoms with Gasteiger partial charge in [0.1, 0.15) is 5.75 Å². The molecule has 5 nitrogen and oxygen atoms in total.